The van der Waals surface area contributed by atoms with Gasteiger partial charge < -0.3 is 23.8 Å². The number of nitrogens with zero attached hydrogens (tertiary/aromatic N) is 3. The number of rotatable bonds is 11. The van der Waals surface area contributed by atoms with E-state index in [1.54, 1.807) is 37.2 Å². The molecule has 0 amide bonds. The quantitative estimate of drug-likeness (QED) is 0.287. The summed E-state index contributed by atoms with van der Waals surface area (Å²) in [6, 6.07) is 18.9. The van der Waals surface area contributed by atoms with Gasteiger partial charge in [-0.3, -0.25) is 9.36 Å². The van der Waals surface area contributed by atoms with Crippen LogP contribution in [0.2, 0.25) is 0 Å². The van der Waals surface area contributed by atoms with Crippen molar-refractivity contribution < 1.29 is 18.9 Å². The first kappa shape index (κ1) is 25.6. The lowest BCUT2D eigenvalue weighted by molar-refractivity contribution is 0.256. The zero-order valence-electron chi connectivity index (χ0n) is 21.9. The van der Waals surface area contributed by atoms with Crippen molar-refractivity contribution in [2.24, 2.45) is 0 Å². The molecule has 0 saturated carbocycles. The molecule has 0 unspecified atom stereocenters. The van der Waals surface area contributed by atoms with Crippen LogP contribution in [0.4, 0.5) is 0 Å². The predicted molar refractivity (Wildman–Crippen MR) is 146 cm³/mol. The van der Waals surface area contributed by atoms with Gasteiger partial charge in [0.15, 0.2) is 11.5 Å². The van der Waals surface area contributed by atoms with Gasteiger partial charge in [-0.05, 0) is 67.4 Å². The summed E-state index contributed by atoms with van der Waals surface area (Å²) < 4.78 is 24.5. The van der Waals surface area contributed by atoms with E-state index in [0.717, 1.165) is 42.3 Å². The smallest absolute Gasteiger partial charge is 0.261 e. The van der Waals surface area contributed by atoms with Crippen molar-refractivity contribution in [2.45, 2.75) is 32.6 Å². The SMILES string of the molecule is COc1ccc(COc2cc3ncn(CCN4CCCC4)c(=O)c3cc2OCc2ccc(OC)cc2)cc1. The maximum absolute atomic E-state index is 13.4. The van der Waals surface area contributed by atoms with Crippen LogP contribution in [0.3, 0.4) is 0 Å². The highest BCUT2D eigenvalue weighted by Crippen LogP contribution is 2.32. The molecule has 8 heteroatoms. The van der Waals surface area contributed by atoms with Crippen molar-refractivity contribution in [2.75, 3.05) is 33.9 Å². The van der Waals surface area contributed by atoms with Gasteiger partial charge in [-0.15, -0.1) is 0 Å². The molecule has 0 N–H and O–H groups in total. The largest absolute Gasteiger partial charge is 0.497 e. The molecule has 198 valence electrons. The molecule has 0 spiro atoms. The van der Waals surface area contributed by atoms with E-state index < -0.39 is 0 Å². The molecule has 0 radical (unpaired) electrons. The molecule has 0 bridgehead atoms. The van der Waals surface area contributed by atoms with E-state index >= 15 is 0 Å². The topological polar surface area (TPSA) is 75.1 Å². The third-order valence-electron chi connectivity index (χ3n) is 6.85. The minimum Gasteiger partial charge on any atom is -0.497 e. The molecule has 1 aliphatic rings. The van der Waals surface area contributed by atoms with Crippen LogP contribution in [0.15, 0.2) is 71.8 Å². The van der Waals surface area contributed by atoms with Crippen LogP contribution in [0.5, 0.6) is 23.0 Å². The van der Waals surface area contributed by atoms with Gasteiger partial charge in [-0.25, -0.2) is 4.98 Å². The number of methoxy groups -OCH3 is 2. The molecule has 1 fully saturated rings. The van der Waals surface area contributed by atoms with E-state index in [2.05, 4.69) is 9.88 Å². The van der Waals surface area contributed by atoms with Crippen molar-refractivity contribution in [1.82, 2.24) is 14.5 Å². The molecule has 1 saturated heterocycles. The van der Waals surface area contributed by atoms with E-state index in [0.29, 0.717) is 42.2 Å². The number of benzene rings is 3. The summed E-state index contributed by atoms with van der Waals surface area (Å²) in [6.45, 7) is 4.29. The first-order valence-electron chi connectivity index (χ1n) is 12.9. The lowest BCUT2D eigenvalue weighted by atomic mass is 10.2. The highest BCUT2D eigenvalue weighted by Gasteiger charge is 2.15. The monoisotopic (exact) mass is 515 g/mol. The van der Waals surface area contributed by atoms with Crippen molar-refractivity contribution in [3.05, 3.63) is 88.5 Å². The summed E-state index contributed by atoms with van der Waals surface area (Å²) in [5, 5.41) is 0.510. The van der Waals surface area contributed by atoms with Crippen LogP contribution < -0.4 is 24.5 Å². The van der Waals surface area contributed by atoms with Gasteiger partial charge in [-0.1, -0.05) is 24.3 Å². The molecule has 0 atom stereocenters. The van der Waals surface area contributed by atoms with E-state index in [9.17, 15) is 4.79 Å². The normalized spacial score (nSPS) is 13.5. The summed E-state index contributed by atoms with van der Waals surface area (Å²) in [7, 11) is 3.28. The lowest BCUT2D eigenvalue weighted by Crippen LogP contribution is -2.29. The highest BCUT2D eigenvalue weighted by molar-refractivity contribution is 5.81. The number of aromatic nitrogens is 2. The molecular weight excluding hydrogens is 482 g/mol. The number of likely N-dealkylation sites (tertiary alicyclic amines) is 1. The lowest BCUT2D eigenvalue weighted by Gasteiger charge is -2.17. The summed E-state index contributed by atoms with van der Waals surface area (Å²) in [4.78, 5) is 20.3. The van der Waals surface area contributed by atoms with Gasteiger partial charge in [0.25, 0.3) is 5.56 Å². The maximum atomic E-state index is 13.4. The Balaban J connectivity index is 1.40. The Morgan fingerprint density at radius 2 is 1.32 bits per heavy atom. The number of ether oxygens (including phenoxy) is 4. The van der Waals surface area contributed by atoms with E-state index in [1.165, 1.54) is 12.8 Å². The fourth-order valence-electron chi connectivity index (χ4n) is 4.57. The Kier molecular flexibility index (Phi) is 8.09. The van der Waals surface area contributed by atoms with Crippen LogP contribution in [-0.2, 0) is 19.8 Å². The second-order valence-electron chi connectivity index (χ2n) is 9.38. The molecule has 8 nitrogen and oxygen atoms in total. The molecule has 1 aromatic heterocycles. The minimum absolute atomic E-state index is 0.0785. The third-order valence-corrected chi connectivity index (χ3v) is 6.85. The van der Waals surface area contributed by atoms with Crippen molar-refractivity contribution in [3.8, 4) is 23.0 Å². The fraction of sp³-hybridized carbons (Fsp3) is 0.333. The molecular formula is C30H33N3O5. The molecule has 1 aliphatic heterocycles. The molecule has 5 rings (SSSR count). The van der Waals surface area contributed by atoms with Crippen molar-refractivity contribution in [1.29, 1.82) is 0 Å². The highest BCUT2D eigenvalue weighted by atomic mass is 16.5. The van der Waals surface area contributed by atoms with Gasteiger partial charge in [-0.2, -0.15) is 0 Å². The Bertz CT molecular complexity index is 1410. The first-order valence-corrected chi connectivity index (χ1v) is 12.9. The summed E-state index contributed by atoms with van der Waals surface area (Å²) in [5.74, 6) is 2.60. The standard InChI is InChI=1S/C30H33N3O5/c1-35-24-9-5-22(6-10-24)19-37-28-17-26-27(18-29(28)38-20-23-7-11-25(36-2)12-8-23)31-21-33(30(26)34)16-15-32-13-3-4-14-32/h5-12,17-18,21H,3-4,13-16,19-20H2,1-2H3. The molecule has 3 aromatic carbocycles. The predicted octanol–water partition coefficient (Wildman–Crippen LogP) is 4.67. The van der Waals surface area contributed by atoms with Crippen molar-refractivity contribution in [3.63, 3.8) is 0 Å². The van der Waals surface area contributed by atoms with Crippen LogP contribution in [0.1, 0.15) is 24.0 Å². The van der Waals surface area contributed by atoms with Crippen LogP contribution >= 0.6 is 0 Å². The summed E-state index contributed by atoms with van der Waals surface area (Å²) in [6.07, 6.45) is 4.07. The third kappa shape index (κ3) is 6.08. The number of fused-ring (bicyclic) bond motifs is 1. The van der Waals surface area contributed by atoms with Gasteiger partial charge in [0, 0.05) is 19.2 Å². The zero-order chi connectivity index (χ0) is 26.3. The van der Waals surface area contributed by atoms with Gasteiger partial charge in [0.05, 0.1) is 31.4 Å². The Morgan fingerprint density at radius 1 is 0.763 bits per heavy atom. The number of hydrogen-bond acceptors (Lipinski definition) is 7. The van der Waals surface area contributed by atoms with E-state index in [-0.39, 0.29) is 5.56 Å². The Labute approximate surface area is 222 Å². The van der Waals surface area contributed by atoms with Gasteiger partial charge in [0.2, 0.25) is 0 Å². The molecule has 2 heterocycles. The molecule has 4 aromatic rings. The van der Waals surface area contributed by atoms with E-state index in [4.69, 9.17) is 18.9 Å². The first-order chi connectivity index (χ1) is 18.6. The van der Waals surface area contributed by atoms with Gasteiger partial charge in [0.1, 0.15) is 24.7 Å². The second-order valence-corrected chi connectivity index (χ2v) is 9.38. The van der Waals surface area contributed by atoms with Crippen LogP contribution in [0, 0.1) is 0 Å². The minimum atomic E-state index is -0.0785. The van der Waals surface area contributed by atoms with Crippen LogP contribution in [-0.4, -0.2) is 48.3 Å². The number of hydrogen-bond donors (Lipinski definition) is 0. The summed E-state index contributed by atoms with van der Waals surface area (Å²) in [5.41, 5.74) is 2.46. The van der Waals surface area contributed by atoms with E-state index in [1.807, 2.05) is 48.5 Å². The second kappa shape index (κ2) is 12.0. The average Bonchev–Trinajstić information content (AvgIpc) is 3.49. The Hall–Kier alpha value is -4.04. The Morgan fingerprint density at radius 3 is 1.87 bits per heavy atom. The fourth-order valence-corrected chi connectivity index (χ4v) is 4.57. The zero-order valence-corrected chi connectivity index (χ0v) is 21.9. The average molecular weight is 516 g/mol. The van der Waals surface area contributed by atoms with Gasteiger partial charge >= 0.3 is 0 Å². The maximum Gasteiger partial charge on any atom is 0.261 e. The van der Waals surface area contributed by atoms with Crippen molar-refractivity contribution >= 4 is 10.9 Å². The van der Waals surface area contributed by atoms with Crippen LogP contribution in [0.25, 0.3) is 10.9 Å². The molecule has 38 heavy (non-hydrogen) atoms. The molecule has 0 aliphatic carbocycles. The summed E-state index contributed by atoms with van der Waals surface area (Å²) >= 11 is 0.